The Labute approximate surface area is 129 Å². The molecule has 0 bridgehead atoms. The second kappa shape index (κ2) is 5.45. The van der Waals surface area contributed by atoms with E-state index in [2.05, 4.69) is 15.0 Å². The minimum atomic E-state index is -0.180. The monoisotopic (exact) mass is 319 g/mol. The molecule has 3 rings (SSSR count). The molecule has 0 atom stereocenters. The van der Waals surface area contributed by atoms with Crippen molar-refractivity contribution in [3.63, 3.8) is 0 Å². The summed E-state index contributed by atoms with van der Waals surface area (Å²) in [4.78, 5) is 23.9. The lowest BCUT2D eigenvalue weighted by atomic mass is 10.4. The van der Waals surface area contributed by atoms with Crippen molar-refractivity contribution in [2.45, 2.75) is 10.9 Å². The van der Waals surface area contributed by atoms with Crippen molar-refractivity contribution in [2.75, 3.05) is 0 Å². The van der Waals surface area contributed by atoms with Gasteiger partial charge in [0.15, 0.2) is 10.8 Å². The Balaban J connectivity index is 1.99. The lowest BCUT2D eigenvalue weighted by Gasteiger charge is -2.02. The number of aromatic amines is 1. The van der Waals surface area contributed by atoms with Crippen LogP contribution in [0.4, 0.5) is 0 Å². The number of rotatable bonds is 3. The van der Waals surface area contributed by atoms with Gasteiger partial charge >= 0.3 is 5.69 Å². The first-order valence-electron chi connectivity index (χ1n) is 6.26. The lowest BCUT2D eigenvalue weighted by molar-refractivity contribution is 0.721. The fourth-order valence-corrected chi connectivity index (χ4v) is 3.00. The number of imidazole rings is 1. The number of fused-ring (bicyclic) bond motifs is 1. The van der Waals surface area contributed by atoms with E-state index in [4.69, 9.17) is 12.2 Å². The summed E-state index contributed by atoms with van der Waals surface area (Å²) in [6.45, 7) is 0. The molecule has 0 spiro atoms. The molecule has 0 saturated carbocycles. The summed E-state index contributed by atoms with van der Waals surface area (Å²) in [7, 11) is 3.35. The van der Waals surface area contributed by atoms with Gasteiger partial charge < -0.3 is 4.98 Å². The van der Waals surface area contributed by atoms with Crippen molar-refractivity contribution in [1.29, 1.82) is 0 Å². The Kier molecular flexibility index (Phi) is 3.64. The first-order valence-corrected chi connectivity index (χ1v) is 7.65. The molecule has 3 aromatic heterocycles. The molecule has 0 saturated heterocycles. The lowest BCUT2D eigenvalue weighted by Crippen LogP contribution is -2.27. The highest BCUT2D eigenvalue weighted by molar-refractivity contribution is 7.98. The van der Waals surface area contributed by atoms with Crippen LogP contribution >= 0.6 is 24.0 Å². The van der Waals surface area contributed by atoms with Gasteiger partial charge in [0, 0.05) is 26.0 Å². The summed E-state index contributed by atoms with van der Waals surface area (Å²) >= 11 is 6.82. The van der Waals surface area contributed by atoms with Crippen LogP contribution in [0.15, 0.2) is 34.3 Å². The molecule has 0 fully saturated rings. The second-order valence-electron chi connectivity index (χ2n) is 4.56. The maximum Gasteiger partial charge on any atom is 0.330 e. The van der Waals surface area contributed by atoms with Crippen LogP contribution in [0.3, 0.4) is 0 Å². The number of nitrogens with one attached hydrogen (secondary N) is 1. The van der Waals surface area contributed by atoms with Crippen LogP contribution in [0.1, 0.15) is 5.69 Å². The number of pyridine rings is 1. The van der Waals surface area contributed by atoms with E-state index in [-0.39, 0.29) is 5.69 Å². The first-order chi connectivity index (χ1) is 10.1. The fourth-order valence-electron chi connectivity index (χ4n) is 2.00. The smallest absolute Gasteiger partial charge is 0.329 e. The molecule has 3 heterocycles. The predicted octanol–water partition coefficient (Wildman–Crippen LogP) is 2.02. The number of thioether (sulfide) groups is 1. The van der Waals surface area contributed by atoms with Crippen molar-refractivity contribution >= 4 is 35.1 Å². The zero-order chi connectivity index (χ0) is 15.0. The van der Waals surface area contributed by atoms with Crippen LogP contribution < -0.4 is 5.69 Å². The summed E-state index contributed by atoms with van der Waals surface area (Å²) in [6.07, 6.45) is 1.76. The third-order valence-corrected chi connectivity index (χ3v) is 4.54. The van der Waals surface area contributed by atoms with E-state index in [0.29, 0.717) is 21.6 Å². The molecule has 0 aliphatic rings. The van der Waals surface area contributed by atoms with Crippen molar-refractivity contribution in [3.8, 4) is 0 Å². The molecular weight excluding hydrogens is 306 g/mol. The topological polar surface area (TPSA) is 68.5 Å². The Morgan fingerprint density at radius 3 is 2.86 bits per heavy atom. The minimum absolute atomic E-state index is 0.180. The standard InChI is InChI=1S/C13H13N5OS2/c1-17-10-9(11(20)18(2)13(17)19)15-12(16-10)21-7-8-5-3-4-6-14-8/h3-6H,7H2,1-2H3,(H,15,16). The maximum atomic E-state index is 12.0. The van der Waals surface area contributed by atoms with Gasteiger partial charge in [-0.25, -0.2) is 9.78 Å². The van der Waals surface area contributed by atoms with Crippen molar-refractivity contribution in [2.24, 2.45) is 14.1 Å². The predicted molar refractivity (Wildman–Crippen MR) is 84.9 cm³/mol. The van der Waals surface area contributed by atoms with E-state index < -0.39 is 0 Å². The van der Waals surface area contributed by atoms with Gasteiger partial charge in [-0.1, -0.05) is 30.0 Å². The fraction of sp³-hybridized carbons (Fsp3) is 0.231. The molecule has 108 valence electrons. The summed E-state index contributed by atoms with van der Waals surface area (Å²) < 4.78 is 3.39. The summed E-state index contributed by atoms with van der Waals surface area (Å²) in [5.41, 5.74) is 2.08. The highest BCUT2D eigenvalue weighted by Crippen LogP contribution is 2.21. The molecular formula is C13H13N5OS2. The van der Waals surface area contributed by atoms with Crippen molar-refractivity contribution < 1.29 is 0 Å². The molecule has 8 heteroatoms. The summed E-state index contributed by atoms with van der Waals surface area (Å²) in [5.74, 6) is 0.702. The SMILES string of the molecule is Cn1c(=S)c2[nH]c(SCc3ccccn3)nc2n(C)c1=O. The maximum absolute atomic E-state index is 12.0. The minimum Gasteiger partial charge on any atom is -0.329 e. The second-order valence-corrected chi connectivity index (χ2v) is 5.91. The van der Waals surface area contributed by atoms with Gasteiger partial charge in [0.1, 0.15) is 10.2 Å². The zero-order valence-electron chi connectivity index (χ0n) is 11.5. The highest BCUT2D eigenvalue weighted by Gasteiger charge is 2.11. The van der Waals surface area contributed by atoms with Crippen LogP contribution in [0.5, 0.6) is 0 Å². The van der Waals surface area contributed by atoms with E-state index in [1.54, 1.807) is 20.3 Å². The summed E-state index contributed by atoms with van der Waals surface area (Å²) in [5, 5.41) is 0.725. The van der Waals surface area contributed by atoms with E-state index in [9.17, 15) is 4.79 Å². The van der Waals surface area contributed by atoms with Crippen LogP contribution in [0, 0.1) is 4.64 Å². The van der Waals surface area contributed by atoms with Gasteiger partial charge in [0.2, 0.25) is 0 Å². The Bertz CT molecular complexity index is 910. The van der Waals surface area contributed by atoms with E-state index >= 15 is 0 Å². The van der Waals surface area contributed by atoms with E-state index in [1.807, 2.05) is 18.2 Å². The number of H-pyrrole nitrogens is 1. The molecule has 1 N–H and O–H groups in total. The third-order valence-electron chi connectivity index (χ3n) is 3.16. The largest absolute Gasteiger partial charge is 0.330 e. The Hall–Kier alpha value is -1.93. The Morgan fingerprint density at radius 1 is 1.33 bits per heavy atom. The molecule has 0 amide bonds. The van der Waals surface area contributed by atoms with Gasteiger partial charge in [-0.2, -0.15) is 0 Å². The molecule has 0 radical (unpaired) electrons. The molecule has 3 aromatic rings. The molecule has 21 heavy (non-hydrogen) atoms. The molecule has 0 aromatic carbocycles. The van der Waals surface area contributed by atoms with Crippen LogP contribution in [-0.4, -0.2) is 24.1 Å². The normalized spacial score (nSPS) is 11.1. The number of nitrogens with zero attached hydrogens (tertiary/aromatic N) is 4. The third kappa shape index (κ3) is 2.52. The molecule has 0 aliphatic carbocycles. The van der Waals surface area contributed by atoms with Gasteiger partial charge in [-0.05, 0) is 12.1 Å². The quantitative estimate of drug-likeness (QED) is 0.591. The van der Waals surface area contributed by atoms with Crippen LogP contribution in [0.2, 0.25) is 0 Å². The van der Waals surface area contributed by atoms with Gasteiger partial charge in [-0.3, -0.25) is 14.1 Å². The van der Waals surface area contributed by atoms with E-state index in [0.717, 1.165) is 10.9 Å². The average Bonchev–Trinajstić information content (AvgIpc) is 2.94. The number of aryl methyl sites for hydroxylation is 1. The van der Waals surface area contributed by atoms with Crippen LogP contribution in [-0.2, 0) is 19.8 Å². The highest BCUT2D eigenvalue weighted by atomic mass is 32.2. The van der Waals surface area contributed by atoms with Crippen molar-refractivity contribution in [3.05, 3.63) is 45.2 Å². The molecule has 0 unspecified atom stereocenters. The van der Waals surface area contributed by atoms with Gasteiger partial charge in [-0.15, -0.1) is 0 Å². The number of hydrogen-bond acceptors (Lipinski definition) is 5. The van der Waals surface area contributed by atoms with Crippen LogP contribution in [0.25, 0.3) is 11.2 Å². The van der Waals surface area contributed by atoms with Gasteiger partial charge in [0.05, 0.1) is 5.69 Å². The number of aromatic nitrogens is 5. The summed E-state index contributed by atoms with van der Waals surface area (Å²) in [6, 6.07) is 5.80. The van der Waals surface area contributed by atoms with E-state index in [1.165, 1.54) is 20.9 Å². The molecule has 6 nitrogen and oxygen atoms in total. The zero-order valence-corrected chi connectivity index (χ0v) is 13.2. The first kappa shape index (κ1) is 14.0. The average molecular weight is 319 g/mol. The molecule has 0 aliphatic heterocycles. The number of hydrogen-bond donors (Lipinski definition) is 1. The van der Waals surface area contributed by atoms with Crippen molar-refractivity contribution in [1.82, 2.24) is 24.1 Å². The van der Waals surface area contributed by atoms with Gasteiger partial charge in [0.25, 0.3) is 0 Å². The Morgan fingerprint density at radius 2 is 2.14 bits per heavy atom.